The Kier molecular flexibility index (Phi) is 4.78. The third kappa shape index (κ3) is 3.46. The number of nitro benzene ring substituents is 1. The lowest BCUT2D eigenvalue weighted by atomic mass is 10.0. The number of hydrogen-bond donors (Lipinski definition) is 1. The van der Waals surface area contributed by atoms with Crippen LogP contribution in [0.5, 0.6) is 0 Å². The van der Waals surface area contributed by atoms with Crippen LogP contribution in [0.1, 0.15) is 18.0 Å². The van der Waals surface area contributed by atoms with Crippen molar-refractivity contribution in [1.82, 2.24) is 5.01 Å². The van der Waals surface area contributed by atoms with E-state index in [0.717, 1.165) is 29.8 Å². The van der Waals surface area contributed by atoms with Crippen molar-refractivity contribution >= 4 is 46.1 Å². The molecule has 0 radical (unpaired) electrons. The lowest BCUT2D eigenvalue weighted by Gasteiger charge is -2.29. The molecule has 1 N–H and O–H groups in total. The van der Waals surface area contributed by atoms with Gasteiger partial charge in [0.25, 0.3) is 0 Å². The summed E-state index contributed by atoms with van der Waals surface area (Å²) in [6.45, 7) is 0. The molecule has 2 aromatic carbocycles. The van der Waals surface area contributed by atoms with Gasteiger partial charge in [-0.1, -0.05) is 30.0 Å². The van der Waals surface area contributed by atoms with E-state index in [2.05, 4.69) is 15.4 Å². The van der Waals surface area contributed by atoms with Crippen LogP contribution in [-0.2, 0) is 4.79 Å². The summed E-state index contributed by atoms with van der Waals surface area (Å²) in [6, 6.07) is 11.1. The number of benzene rings is 2. The van der Waals surface area contributed by atoms with E-state index < -0.39 is 16.4 Å². The molecular formula is C18H14FN5O3S. The number of para-hydroxylation sites is 1. The number of fused-ring (bicyclic) bond motifs is 3. The molecule has 1 unspecified atom stereocenters. The molecule has 0 bridgehead atoms. The number of aliphatic imine (C=N–C) groups is 1. The van der Waals surface area contributed by atoms with Gasteiger partial charge >= 0.3 is 5.69 Å². The number of nitrogens with zero attached hydrogens (tertiary/aromatic N) is 4. The molecule has 4 rings (SSSR count). The molecule has 8 nitrogen and oxygen atoms in total. The van der Waals surface area contributed by atoms with Crippen molar-refractivity contribution in [1.29, 1.82) is 0 Å². The van der Waals surface area contributed by atoms with Crippen LogP contribution in [0.4, 0.5) is 21.5 Å². The van der Waals surface area contributed by atoms with Crippen LogP contribution in [0.15, 0.2) is 52.6 Å². The second-order valence-electron chi connectivity index (χ2n) is 6.11. The van der Waals surface area contributed by atoms with E-state index in [-0.39, 0.29) is 23.4 Å². The second kappa shape index (κ2) is 7.39. The maximum atomic E-state index is 13.4. The average Bonchev–Trinajstić information content (AvgIpc) is 3.18. The Morgan fingerprint density at radius 2 is 2.18 bits per heavy atom. The molecule has 2 aliphatic rings. The van der Waals surface area contributed by atoms with E-state index in [1.807, 2.05) is 30.5 Å². The number of carbonyl (C=O) groups excluding carboxylic acids is 1. The minimum absolute atomic E-state index is 0.0327. The van der Waals surface area contributed by atoms with Gasteiger partial charge in [-0.25, -0.2) is 10.0 Å². The monoisotopic (exact) mass is 399 g/mol. The van der Waals surface area contributed by atoms with Gasteiger partial charge in [0.1, 0.15) is 0 Å². The van der Waals surface area contributed by atoms with Crippen molar-refractivity contribution in [3.63, 3.8) is 0 Å². The topological polar surface area (TPSA) is 100 Å². The maximum Gasteiger partial charge on any atom is 0.306 e. The highest BCUT2D eigenvalue weighted by Gasteiger charge is 2.32. The summed E-state index contributed by atoms with van der Waals surface area (Å²) in [4.78, 5) is 26.8. The fourth-order valence-corrected chi connectivity index (χ4v) is 3.84. The van der Waals surface area contributed by atoms with Crippen LogP contribution in [0, 0.1) is 15.9 Å². The van der Waals surface area contributed by atoms with Crippen LogP contribution >= 0.6 is 11.8 Å². The van der Waals surface area contributed by atoms with Gasteiger partial charge < -0.3 is 5.32 Å². The number of thioether (sulfide) groups is 1. The SMILES string of the molecule is O=C(CSC1=Nc2ccccc2C2CC=NN12)Nc1ccc(F)c([N+](=O)[O-])c1. The highest BCUT2D eigenvalue weighted by Crippen LogP contribution is 2.40. The van der Waals surface area contributed by atoms with Crippen LogP contribution in [0.3, 0.4) is 0 Å². The smallest absolute Gasteiger partial charge is 0.306 e. The summed E-state index contributed by atoms with van der Waals surface area (Å²) < 4.78 is 13.4. The van der Waals surface area contributed by atoms with E-state index in [0.29, 0.717) is 5.17 Å². The van der Waals surface area contributed by atoms with Crippen molar-refractivity contribution in [2.24, 2.45) is 10.1 Å². The Bertz CT molecular complexity index is 1030. The Hall–Kier alpha value is -3.27. The zero-order chi connectivity index (χ0) is 19.7. The molecule has 0 fully saturated rings. The standard InChI is InChI=1S/C18H14FN5O3S/c19-13-6-5-11(9-16(13)24(26)27)21-17(25)10-28-18-22-14-4-2-1-3-12(14)15-7-8-20-23(15)18/h1-6,8-9,15H,7,10H2,(H,21,25). The van der Waals surface area contributed by atoms with E-state index in [9.17, 15) is 19.3 Å². The summed E-state index contributed by atoms with van der Waals surface area (Å²) in [5, 5.41) is 20.1. The fourth-order valence-electron chi connectivity index (χ4n) is 3.04. The molecular weight excluding hydrogens is 385 g/mol. The van der Waals surface area contributed by atoms with E-state index in [1.165, 1.54) is 17.8 Å². The molecule has 2 heterocycles. The number of hydrogen-bond acceptors (Lipinski definition) is 7. The summed E-state index contributed by atoms with van der Waals surface area (Å²) in [6.07, 6.45) is 2.59. The van der Waals surface area contributed by atoms with Crippen molar-refractivity contribution in [3.05, 3.63) is 64.0 Å². The predicted molar refractivity (Wildman–Crippen MR) is 105 cm³/mol. The van der Waals surface area contributed by atoms with Crippen LogP contribution in [0.25, 0.3) is 0 Å². The van der Waals surface area contributed by atoms with E-state index >= 15 is 0 Å². The summed E-state index contributed by atoms with van der Waals surface area (Å²) >= 11 is 1.22. The molecule has 2 aromatic rings. The van der Waals surface area contributed by atoms with Crippen molar-refractivity contribution in [2.45, 2.75) is 12.5 Å². The first-order valence-corrected chi connectivity index (χ1v) is 9.37. The van der Waals surface area contributed by atoms with Gasteiger partial charge in [-0.05, 0) is 18.2 Å². The third-order valence-electron chi connectivity index (χ3n) is 4.30. The van der Waals surface area contributed by atoms with Crippen molar-refractivity contribution in [2.75, 3.05) is 11.1 Å². The quantitative estimate of drug-likeness (QED) is 0.622. The van der Waals surface area contributed by atoms with Gasteiger partial charge in [0.15, 0.2) is 5.17 Å². The normalized spacial score (nSPS) is 17.0. The summed E-state index contributed by atoms with van der Waals surface area (Å²) in [5.74, 6) is -1.30. The number of amides is 1. The zero-order valence-electron chi connectivity index (χ0n) is 14.4. The van der Waals surface area contributed by atoms with Gasteiger partial charge in [0, 0.05) is 30.0 Å². The summed E-state index contributed by atoms with van der Waals surface area (Å²) in [7, 11) is 0. The lowest BCUT2D eigenvalue weighted by Crippen LogP contribution is -2.29. The number of halogens is 1. The highest BCUT2D eigenvalue weighted by atomic mass is 32.2. The second-order valence-corrected chi connectivity index (χ2v) is 7.05. The first-order chi connectivity index (χ1) is 13.5. The number of nitro groups is 1. The molecule has 0 saturated heterocycles. The molecule has 0 saturated carbocycles. The molecule has 0 aliphatic carbocycles. The largest absolute Gasteiger partial charge is 0.325 e. The van der Waals surface area contributed by atoms with Gasteiger partial charge in [-0.3, -0.25) is 14.9 Å². The molecule has 28 heavy (non-hydrogen) atoms. The molecule has 0 aromatic heterocycles. The Labute approximate surface area is 163 Å². The third-order valence-corrected chi connectivity index (χ3v) is 5.24. The molecule has 1 amide bonds. The molecule has 0 spiro atoms. The zero-order valence-corrected chi connectivity index (χ0v) is 15.2. The van der Waals surface area contributed by atoms with Gasteiger partial charge in [0.05, 0.1) is 22.4 Å². The van der Waals surface area contributed by atoms with Gasteiger partial charge in [0.2, 0.25) is 11.7 Å². The first-order valence-electron chi connectivity index (χ1n) is 8.39. The number of carbonyl (C=O) groups is 1. The predicted octanol–water partition coefficient (Wildman–Crippen LogP) is 3.84. The maximum absolute atomic E-state index is 13.4. The molecule has 10 heteroatoms. The summed E-state index contributed by atoms with van der Waals surface area (Å²) in [5.41, 5.74) is 1.42. The van der Waals surface area contributed by atoms with E-state index in [1.54, 1.807) is 5.01 Å². The fraction of sp³-hybridized carbons (Fsp3) is 0.167. The Balaban J connectivity index is 1.45. The number of anilines is 1. The number of rotatable bonds is 4. The van der Waals surface area contributed by atoms with Crippen LogP contribution < -0.4 is 5.32 Å². The highest BCUT2D eigenvalue weighted by molar-refractivity contribution is 8.14. The van der Waals surface area contributed by atoms with Gasteiger partial charge in [-0.2, -0.15) is 9.49 Å². The van der Waals surface area contributed by atoms with Gasteiger partial charge in [-0.15, -0.1) is 0 Å². The average molecular weight is 399 g/mol. The van der Waals surface area contributed by atoms with E-state index in [4.69, 9.17) is 0 Å². The number of nitrogens with one attached hydrogen (secondary N) is 1. The molecule has 2 aliphatic heterocycles. The minimum atomic E-state index is -0.953. The van der Waals surface area contributed by atoms with Crippen LogP contribution in [-0.4, -0.2) is 33.0 Å². The number of hydrazone groups is 1. The van der Waals surface area contributed by atoms with Crippen molar-refractivity contribution in [3.8, 4) is 0 Å². The Morgan fingerprint density at radius 1 is 1.36 bits per heavy atom. The van der Waals surface area contributed by atoms with Crippen molar-refractivity contribution < 1.29 is 14.1 Å². The first kappa shape index (κ1) is 18.1. The molecule has 142 valence electrons. The number of amidine groups is 1. The Morgan fingerprint density at radius 3 is 3.00 bits per heavy atom. The van der Waals surface area contributed by atoms with Crippen LogP contribution in [0.2, 0.25) is 0 Å². The molecule has 1 atom stereocenters. The minimum Gasteiger partial charge on any atom is -0.325 e. The lowest BCUT2D eigenvalue weighted by molar-refractivity contribution is -0.387.